The standard InChI is InChI=1S/C10H12N4O4S/c11-13-10(16)6-19-5-9(15)12-7-3-1-2-4-8(7)14(17)18/h1-4H,5-6,11H2,(H,12,15)(H,13,16). The average Bonchev–Trinajstić information content (AvgIpc) is 2.38. The minimum atomic E-state index is -0.579. The third-order valence-electron chi connectivity index (χ3n) is 2.00. The Labute approximate surface area is 112 Å². The molecule has 0 bridgehead atoms. The number of nitro benzene ring substituents is 1. The average molecular weight is 284 g/mol. The van der Waals surface area contributed by atoms with Gasteiger partial charge in [-0.2, -0.15) is 0 Å². The molecular weight excluding hydrogens is 272 g/mol. The molecule has 0 atom stereocenters. The normalized spacial score (nSPS) is 9.74. The van der Waals surface area contributed by atoms with Gasteiger partial charge in [0.2, 0.25) is 11.8 Å². The van der Waals surface area contributed by atoms with Gasteiger partial charge in [0, 0.05) is 6.07 Å². The fourth-order valence-electron chi connectivity index (χ4n) is 1.20. The number of hydrazine groups is 1. The van der Waals surface area contributed by atoms with Gasteiger partial charge in [-0.3, -0.25) is 25.1 Å². The predicted octanol–water partition coefficient (Wildman–Crippen LogP) is 0.256. The van der Waals surface area contributed by atoms with Crippen LogP contribution in [0.3, 0.4) is 0 Å². The van der Waals surface area contributed by atoms with Gasteiger partial charge in [0.25, 0.3) is 5.69 Å². The zero-order valence-corrected chi connectivity index (χ0v) is 10.6. The summed E-state index contributed by atoms with van der Waals surface area (Å²) < 4.78 is 0. The number of thioether (sulfide) groups is 1. The lowest BCUT2D eigenvalue weighted by atomic mass is 10.2. The minimum absolute atomic E-state index is 0.000527. The number of rotatable bonds is 6. The van der Waals surface area contributed by atoms with E-state index < -0.39 is 16.7 Å². The third-order valence-corrected chi connectivity index (χ3v) is 2.93. The van der Waals surface area contributed by atoms with Crippen molar-refractivity contribution in [2.75, 3.05) is 16.8 Å². The smallest absolute Gasteiger partial charge is 0.292 e. The fourth-order valence-corrected chi connectivity index (χ4v) is 1.83. The molecule has 0 aromatic heterocycles. The Kier molecular flexibility index (Phi) is 5.76. The van der Waals surface area contributed by atoms with Crippen molar-refractivity contribution in [1.82, 2.24) is 5.43 Å². The molecule has 0 aliphatic heterocycles. The first-order chi connectivity index (χ1) is 9.04. The first-order valence-corrected chi connectivity index (χ1v) is 6.30. The molecule has 0 unspecified atom stereocenters. The molecule has 0 saturated carbocycles. The van der Waals surface area contributed by atoms with Crippen LogP contribution in [0.15, 0.2) is 24.3 Å². The van der Waals surface area contributed by atoms with Crippen LogP contribution in [0.5, 0.6) is 0 Å². The highest BCUT2D eigenvalue weighted by Crippen LogP contribution is 2.23. The van der Waals surface area contributed by atoms with Gasteiger partial charge in [-0.1, -0.05) is 12.1 Å². The van der Waals surface area contributed by atoms with Crippen LogP contribution in [0.4, 0.5) is 11.4 Å². The number of para-hydroxylation sites is 2. The SMILES string of the molecule is NNC(=O)CSCC(=O)Nc1ccccc1[N+](=O)[O-]. The Balaban J connectivity index is 2.53. The Hall–Kier alpha value is -2.13. The highest BCUT2D eigenvalue weighted by molar-refractivity contribution is 8.00. The van der Waals surface area contributed by atoms with Gasteiger partial charge in [0.15, 0.2) is 0 Å². The highest BCUT2D eigenvalue weighted by atomic mass is 32.2. The number of nitrogens with one attached hydrogen (secondary N) is 2. The number of nitrogens with two attached hydrogens (primary N) is 1. The summed E-state index contributed by atoms with van der Waals surface area (Å²) in [5.74, 6) is 4.09. The van der Waals surface area contributed by atoms with Crippen LogP contribution in [0.1, 0.15) is 0 Å². The van der Waals surface area contributed by atoms with Crippen molar-refractivity contribution in [3.05, 3.63) is 34.4 Å². The molecule has 8 nitrogen and oxygen atoms in total. The predicted molar refractivity (Wildman–Crippen MR) is 71.4 cm³/mol. The lowest BCUT2D eigenvalue weighted by Gasteiger charge is -2.05. The molecule has 1 aromatic rings. The van der Waals surface area contributed by atoms with E-state index in [4.69, 9.17) is 5.84 Å². The van der Waals surface area contributed by atoms with Crippen molar-refractivity contribution in [2.24, 2.45) is 5.84 Å². The molecule has 4 N–H and O–H groups in total. The topological polar surface area (TPSA) is 127 Å². The number of hydrogen-bond acceptors (Lipinski definition) is 6. The van der Waals surface area contributed by atoms with Crippen molar-refractivity contribution in [2.45, 2.75) is 0 Å². The van der Waals surface area contributed by atoms with E-state index in [0.717, 1.165) is 11.8 Å². The maximum atomic E-state index is 11.5. The van der Waals surface area contributed by atoms with Crippen molar-refractivity contribution in [3.63, 3.8) is 0 Å². The zero-order valence-electron chi connectivity index (χ0n) is 9.79. The summed E-state index contributed by atoms with van der Waals surface area (Å²) in [4.78, 5) is 32.5. The van der Waals surface area contributed by atoms with E-state index in [1.165, 1.54) is 18.2 Å². The zero-order chi connectivity index (χ0) is 14.3. The highest BCUT2D eigenvalue weighted by Gasteiger charge is 2.14. The summed E-state index contributed by atoms with van der Waals surface area (Å²) in [7, 11) is 0. The Morgan fingerprint density at radius 3 is 2.53 bits per heavy atom. The summed E-state index contributed by atoms with van der Waals surface area (Å²) in [5, 5.41) is 13.1. The number of carbonyl (C=O) groups excluding carboxylic acids is 2. The molecular formula is C10H12N4O4S. The number of hydrogen-bond donors (Lipinski definition) is 3. The van der Waals surface area contributed by atoms with Crippen molar-refractivity contribution >= 4 is 35.0 Å². The molecule has 0 heterocycles. The Morgan fingerprint density at radius 1 is 1.26 bits per heavy atom. The molecule has 0 saturated heterocycles. The fraction of sp³-hybridized carbons (Fsp3) is 0.200. The number of carbonyl (C=O) groups is 2. The second-order valence-corrected chi connectivity index (χ2v) is 4.37. The Bertz CT molecular complexity index is 494. The molecule has 102 valence electrons. The van der Waals surface area contributed by atoms with E-state index in [0.29, 0.717) is 0 Å². The molecule has 2 amide bonds. The maximum absolute atomic E-state index is 11.5. The lowest BCUT2D eigenvalue weighted by Crippen LogP contribution is -2.32. The summed E-state index contributed by atoms with van der Waals surface area (Å²) in [6, 6.07) is 5.82. The number of benzene rings is 1. The molecule has 0 fully saturated rings. The van der Waals surface area contributed by atoms with E-state index in [1.54, 1.807) is 6.07 Å². The van der Waals surface area contributed by atoms with Crippen LogP contribution < -0.4 is 16.6 Å². The van der Waals surface area contributed by atoms with Gasteiger partial charge in [0.05, 0.1) is 16.4 Å². The number of amides is 2. The molecule has 1 aromatic carbocycles. The molecule has 9 heteroatoms. The summed E-state index contributed by atoms with van der Waals surface area (Å²) in [5.41, 5.74) is 1.88. The van der Waals surface area contributed by atoms with Gasteiger partial charge in [-0.05, 0) is 6.07 Å². The van der Waals surface area contributed by atoms with Crippen LogP contribution in [-0.2, 0) is 9.59 Å². The number of nitro groups is 1. The minimum Gasteiger partial charge on any atom is -0.320 e. The second kappa shape index (κ2) is 7.34. The molecule has 0 aliphatic rings. The van der Waals surface area contributed by atoms with Gasteiger partial charge >= 0.3 is 0 Å². The van der Waals surface area contributed by atoms with E-state index in [-0.39, 0.29) is 22.9 Å². The Morgan fingerprint density at radius 2 is 1.89 bits per heavy atom. The van der Waals surface area contributed by atoms with Crippen LogP contribution >= 0.6 is 11.8 Å². The van der Waals surface area contributed by atoms with Crippen molar-refractivity contribution in [1.29, 1.82) is 0 Å². The number of nitrogens with zero attached hydrogens (tertiary/aromatic N) is 1. The first-order valence-electron chi connectivity index (χ1n) is 5.15. The molecule has 19 heavy (non-hydrogen) atoms. The summed E-state index contributed by atoms with van der Waals surface area (Å²) >= 11 is 1.05. The van der Waals surface area contributed by atoms with Gasteiger partial charge in [-0.25, -0.2) is 5.84 Å². The van der Waals surface area contributed by atoms with Crippen LogP contribution in [0, 0.1) is 10.1 Å². The molecule has 0 aliphatic carbocycles. The van der Waals surface area contributed by atoms with Gasteiger partial charge < -0.3 is 5.32 Å². The van der Waals surface area contributed by atoms with Crippen molar-refractivity contribution < 1.29 is 14.5 Å². The van der Waals surface area contributed by atoms with E-state index >= 15 is 0 Å². The van der Waals surface area contributed by atoms with Gasteiger partial charge in [0.1, 0.15) is 5.69 Å². The van der Waals surface area contributed by atoms with E-state index in [2.05, 4.69) is 5.32 Å². The summed E-state index contributed by atoms with van der Waals surface area (Å²) in [6.45, 7) is 0. The van der Waals surface area contributed by atoms with Crippen LogP contribution in [0.2, 0.25) is 0 Å². The van der Waals surface area contributed by atoms with Crippen LogP contribution in [-0.4, -0.2) is 28.2 Å². The monoisotopic (exact) mass is 284 g/mol. The van der Waals surface area contributed by atoms with E-state index in [1.807, 2.05) is 5.43 Å². The second-order valence-electron chi connectivity index (χ2n) is 3.38. The largest absolute Gasteiger partial charge is 0.320 e. The molecule has 0 spiro atoms. The van der Waals surface area contributed by atoms with Crippen molar-refractivity contribution in [3.8, 4) is 0 Å². The van der Waals surface area contributed by atoms with Crippen LogP contribution in [0.25, 0.3) is 0 Å². The lowest BCUT2D eigenvalue weighted by molar-refractivity contribution is -0.383. The number of anilines is 1. The maximum Gasteiger partial charge on any atom is 0.292 e. The summed E-state index contributed by atoms with van der Waals surface area (Å²) in [6.07, 6.45) is 0. The molecule has 1 rings (SSSR count). The first kappa shape index (κ1) is 14.9. The quantitative estimate of drug-likeness (QED) is 0.297. The third kappa shape index (κ3) is 4.94. The van der Waals surface area contributed by atoms with Gasteiger partial charge in [-0.15, -0.1) is 11.8 Å². The van der Waals surface area contributed by atoms with E-state index in [9.17, 15) is 19.7 Å². The molecule has 0 radical (unpaired) electrons.